The Morgan fingerprint density at radius 2 is 2.05 bits per heavy atom. The predicted octanol–water partition coefficient (Wildman–Crippen LogP) is 1.88. The largest absolute Gasteiger partial charge is 0.389 e. The Morgan fingerprint density at radius 3 is 2.55 bits per heavy atom. The summed E-state index contributed by atoms with van der Waals surface area (Å²) in [6.45, 7) is 7.58. The topological polar surface area (TPSA) is 43.8 Å². The second kappa shape index (κ2) is 5.94. The number of rotatable bonds is 4. The fourth-order valence-corrected chi connectivity index (χ4v) is 2.76. The molecule has 1 heterocycles. The maximum atomic E-state index is 12.6. The van der Waals surface area contributed by atoms with Crippen LogP contribution in [-0.2, 0) is 4.79 Å². The molecular weight excluding hydrogens is 252 g/mol. The lowest BCUT2D eigenvalue weighted by atomic mass is 10.1. The molecule has 1 aromatic carbocycles. The second-order valence-corrected chi connectivity index (χ2v) is 6.15. The van der Waals surface area contributed by atoms with E-state index in [1.165, 1.54) is 0 Å². The third kappa shape index (κ3) is 3.58. The third-order valence-electron chi connectivity index (χ3n) is 3.71. The molecule has 0 bridgehead atoms. The molecule has 4 heteroatoms. The number of anilines is 1. The van der Waals surface area contributed by atoms with Crippen LogP contribution >= 0.6 is 0 Å². The van der Waals surface area contributed by atoms with Gasteiger partial charge in [0.1, 0.15) is 0 Å². The van der Waals surface area contributed by atoms with E-state index in [1.54, 1.807) is 0 Å². The predicted molar refractivity (Wildman–Crippen MR) is 80.7 cm³/mol. The summed E-state index contributed by atoms with van der Waals surface area (Å²) in [5.74, 6) is 0.0869. The van der Waals surface area contributed by atoms with Gasteiger partial charge in [0.05, 0.1) is 12.1 Å². The van der Waals surface area contributed by atoms with Gasteiger partial charge in [-0.15, -0.1) is 0 Å². The minimum Gasteiger partial charge on any atom is -0.389 e. The highest BCUT2D eigenvalue weighted by molar-refractivity contribution is 5.95. The highest BCUT2D eigenvalue weighted by atomic mass is 16.3. The third-order valence-corrected chi connectivity index (χ3v) is 3.71. The van der Waals surface area contributed by atoms with Crippen LogP contribution < -0.4 is 4.90 Å². The second-order valence-electron chi connectivity index (χ2n) is 6.15. The number of carbonyl (C=O) groups is 1. The van der Waals surface area contributed by atoms with Gasteiger partial charge < -0.3 is 10.0 Å². The number of β-amino-alcohol motifs (C(OH)–C–C–N with tert-alkyl or cyclic N) is 1. The van der Waals surface area contributed by atoms with E-state index in [4.69, 9.17) is 0 Å². The number of para-hydroxylation sites is 1. The molecule has 1 unspecified atom stereocenters. The van der Waals surface area contributed by atoms with Gasteiger partial charge in [0, 0.05) is 24.8 Å². The summed E-state index contributed by atoms with van der Waals surface area (Å²) < 4.78 is 0. The minimum absolute atomic E-state index is 0.0869. The lowest BCUT2D eigenvalue weighted by Gasteiger charge is -2.29. The van der Waals surface area contributed by atoms with Crippen LogP contribution in [-0.4, -0.2) is 47.2 Å². The number of hydrogen-bond donors (Lipinski definition) is 1. The van der Waals surface area contributed by atoms with Gasteiger partial charge in [0.15, 0.2) is 0 Å². The molecule has 110 valence electrons. The molecule has 0 radical (unpaired) electrons. The van der Waals surface area contributed by atoms with Gasteiger partial charge in [-0.3, -0.25) is 9.69 Å². The van der Waals surface area contributed by atoms with Crippen molar-refractivity contribution < 1.29 is 9.90 Å². The highest BCUT2D eigenvalue weighted by Gasteiger charge is 2.33. The number of aliphatic hydroxyl groups is 1. The van der Waals surface area contributed by atoms with Gasteiger partial charge in [0.2, 0.25) is 5.91 Å². The van der Waals surface area contributed by atoms with Gasteiger partial charge in [-0.2, -0.15) is 0 Å². The summed E-state index contributed by atoms with van der Waals surface area (Å²) in [6, 6.07) is 9.87. The van der Waals surface area contributed by atoms with Crippen LogP contribution in [0.3, 0.4) is 0 Å². The van der Waals surface area contributed by atoms with Crippen molar-refractivity contribution in [3.63, 3.8) is 0 Å². The van der Waals surface area contributed by atoms with E-state index in [2.05, 4.69) is 0 Å². The Hall–Kier alpha value is -1.39. The molecule has 1 aliphatic rings. The fourth-order valence-electron chi connectivity index (χ4n) is 2.76. The smallest absolute Gasteiger partial charge is 0.241 e. The van der Waals surface area contributed by atoms with Crippen LogP contribution in [0.5, 0.6) is 0 Å². The van der Waals surface area contributed by atoms with E-state index in [1.807, 2.05) is 60.9 Å². The van der Waals surface area contributed by atoms with Crippen molar-refractivity contribution >= 4 is 11.6 Å². The van der Waals surface area contributed by atoms with E-state index in [0.717, 1.165) is 18.7 Å². The van der Waals surface area contributed by atoms with Crippen molar-refractivity contribution in [1.82, 2.24) is 4.90 Å². The Morgan fingerprint density at radius 1 is 1.40 bits per heavy atom. The molecule has 1 amide bonds. The van der Waals surface area contributed by atoms with Crippen LogP contribution in [0.1, 0.15) is 27.2 Å². The molecule has 1 aliphatic heterocycles. The first-order chi connectivity index (χ1) is 9.39. The van der Waals surface area contributed by atoms with Crippen LogP contribution in [0.25, 0.3) is 0 Å². The van der Waals surface area contributed by atoms with E-state index in [9.17, 15) is 9.90 Å². The van der Waals surface area contributed by atoms with Crippen molar-refractivity contribution in [1.29, 1.82) is 0 Å². The zero-order chi connectivity index (χ0) is 14.8. The summed E-state index contributed by atoms with van der Waals surface area (Å²) in [6.07, 6.45) is 0.729. The number of carbonyl (C=O) groups excluding carboxylic acids is 1. The molecule has 4 nitrogen and oxygen atoms in total. The normalized spacial score (nSPS) is 23.2. The average Bonchev–Trinajstić information content (AvgIpc) is 2.69. The highest BCUT2D eigenvalue weighted by Crippen LogP contribution is 2.22. The maximum Gasteiger partial charge on any atom is 0.241 e. The van der Waals surface area contributed by atoms with E-state index < -0.39 is 5.60 Å². The summed E-state index contributed by atoms with van der Waals surface area (Å²) >= 11 is 0. The van der Waals surface area contributed by atoms with Crippen LogP contribution in [0.15, 0.2) is 30.3 Å². The van der Waals surface area contributed by atoms with Crippen molar-refractivity contribution in [2.45, 2.75) is 38.8 Å². The molecule has 1 N–H and O–H groups in total. The van der Waals surface area contributed by atoms with E-state index >= 15 is 0 Å². The van der Waals surface area contributed by atoms with Crippen molar-refractivity contribution in [2.75, 3.05) is 24.5 Å². The van der Waals surface area contributed by atoms with Gasteiger partial charge in [-0.05, 0) is 39.3 Å². The zero-order valence-electron chi connectivity index (χ0n) is 12.5. The van der Waals surface area contributed by atoms with E-state index in [0.29, 0.717) is 13.1 Å². The van der Waals surface area contributed by atoms with Crippen molar-refractivity contribution in [3.8, 4) is 0 Å². The molecule has 20 heavy (non-hydrogen) atoms. The number of nitrogens with zero attached hydrogens (tertiary/aromatic N) is 2. The fraction of sp³-hybridized carbons (Fsp3) is 0.562. The van der Waals surface area contributed by atoms with E-state index in [-0.39, 0.29) is 11.9 Å². The molecule has 1 saturated heterocycles. The Balaban J connectivity index is 2.06. The molecule has 0 aliphatic carbocycles. The monoisotopic (exact) mass is 276 g/mol. The van der Waals surface area contributed by atoms with Crippen LogP contribution in [0, 0.1) is 0 Å². The first-order valence-corrected chi connectivity index (χ1v) is 7.21. The molecule has 2 rings (SSSR count). The summed E-state index contributed by atoms with van der Waals surface area (Å²) in [4.78, 5) is 16.4. The zero-order valence-corrected chi connectivity index (χ0v) is 12.5. The molecule has 0 saturated carbocycles. The molecule has 0 aromatic heterocycles. The molecule has 0 spiro atoms. The summed E-state index contributed by atoms with van der Waals surface area (Å²) in [5, 5.41) is 9.98. The van der Waals surface area contributed by atoms with Crippen LogP contribution in [0.2, 0.25) is 0 Å². The number of amides is 1. The Kier molecular flexibility index (Phi) is 4.45. The summed E-state index contributed by atoms with van der Waals surface area (Å²) in [5.41, 5.74) is 0.272. The quantitative estimate of drug-likeness (QED) is 0.913. The van der Waals surface area contributed by atoms with Crippen molar-refractivity contribution in [2.24, 2.45) is 0 Å². The average molecular weight is 276 g/mol. The first kappa shape index (κ1) is 15.0. The number of likely N-dealkylation sites (tertiary alicyclic amines) is 1. The number of hydrogen-bond acceptors (Lipinski definition) is 3. The standard InChI is InChI=1S/C16H24N2O2/c1-13(2)18(14-7-5-4-6-8-14)15(19)11-17-10-9-16(3,20)12-17/h4-8,13,20H,9-12H2,1-3H3. The Labute approximate surface area is 121 Å². The van der Waals surface area contributed by atoms with Gasteiger partial charge in [-0.1, -0.05) is 18.2 Å². The van der Waals surface area contributed by atoms with Crippen molar-refractivity contribution in [3.05, 3.63) is 30.3 Å². The molecule has 1 aromatic rings. The van der Waals surface area contributed by atoms with Gasteiger partial charge >= 0.3 is 0 Å². The lowest BCUT2D eigenvalue weighted by Crippen LogP contribution is -2.44. The number of benzene rings is 1. The molecular formula is C16H24N2O2. The first-order valence-electron chi connectivity index (χ1n) is 7.21. The van der Waals surface area contributed by atoms with Gasteiger partial charge in [0.25, 0.3) is 0 Å². The SMILES string of the molecule is CC(C)N(C(=O)CN1CCC(C)(O)C1)c1ccccc1. The summed E-state index contributed by atoms with van der Waals surface area (Å²) in [7, 11) is 0. The van der Waals surface area contributed by atoms with Crippen LogP contribution in [0.4, 0.5) is 5.69 Å². The lowest BCUT2D eigenvalue weighted by molar-refractivity contribution is -0.120. The molecule has 1 fully saturated rings. The maximum absolute atomic E-state index is 12.6. The Bertz CT molecular complexity index is 457. The minimum atomic E-state index is -0.657. The molecule has 1 atom stereocenters. The van der Waals surface area contributed by atoms with Gasteiger partial charge in [-0.25, -0.2) is 0 Å².